The minimum atomic E-state index is -4.45. The third-order valence-electron chi connectivity index (χ3n) is 2.40. The summed E-state index contributed by atoms with van der Waals surface area (Å²) in [5.74, 6) is 5.41. The highest BCUT2D eigenvalue weighted by atomic mass is 35.5. The minimum Gasteiger partial charge on any atom is -0.271 e. The summed E-state index contributed by atoms with van der Waals surface area (Å²) in [7, 11) is 0. The maximum absolute atomic E-state index is 12.5. The molecule has 1 unspecified atom stereocenters. The van der Waals surface area contributed by atoms with Gasteiger partial charge in [0, 0.05) is 16.1 Å². The molecular weight excluding hydrogens is 299 g/mol. The van der Waals surface area contributed by atoms with Gasteiger partial charge in [0.2, 0.25) is 0 Å². The number of hydrogen-bond acceptors (Lipinski definition) is 4. The summed E-state index contributed by atoms with van der Waals surface area (Å²) < 4.78 is 37.5. The van der Waals surface area contributed by atoms with Gasteiger partial charge >= 0.3 is 6.18 Å². The Hall–Kier alpha value is -1.15. The Balaban J connectivity index is 2.35. The van der Waals surface area contributed by atoms with Crippen LogP contribution in [0.1, 0.15) is 21.5 Å². The zero-order valence-electron chi connectivity index (χ0n) is 9.41. The smallest absolute Gasteiger partial charge is 0.271 e. The lowest BCUT2D eigenvalue weighted by Gasteiger charge is -2.14. The van der Waals surface area contributed by atoms with E-state index in [9.17, 15) is 13.2 Å². The summed E-state index contributed by atoms with van der Waals surface area (Å²) in [5, 5.41) is -0.414. The van der Waals surface area contributed by atoms with Crippen LogP contribution in [-0.4, -0.2) is 4.98 Å². The summed E-state index contributed by atoms with van der Waals surface area (Å²) in [6.07, 6.45) is -3.28. The molecule has 3 N–H and O–H groups in total. The quantitative estimate of drug-likeness (QED) is 0.675. The average Bonchev–Trinajstić information content (AvgIpc) is 2.79. The monoisotopic (exact) mass is 307 g/mol. The Bertz CT molecular complexity index is 570. The van der Waals surface area contributed by atoms with Gasteiger partial charge in [-0.25, -0.2) is 10.4 Å². The molecule has 2 rings (SSSR count). The highest BCUT2D eigenvalue weighted by Gasteiger charge is 2.35. The lowest BCUT2D eigenvalue weighted by molar-refractivity contribution is -0.137. The molecule has 2 aromatic rings. The third-order valence-corrected chi connectivity index (χ3v) is 3.74. The fourth-order valence-corrected chi connectivity index (χ4v) is 2.65. The Morgan fingerprint density at radius 2 is 2.11 bits per heavy atom. The topological polar surface area (TPSA) is 50.9 Å². The first-order chi connectivity index (χ1) is 8.91. The fourth-order valence-electron chi connectivity index (χ4n) is 1.58. The van der Waals surface area contributed by atoms with Crippen molar-refractivity contribution in [3.8, 4) is 0 Å². The number of thiazole rings is 1. The van der Waals surface area contributed by atoms with E-state index in [1.54, 1.807) is 24.3 Å². The third kappa shape index (κ3) is 3.24. The molecule has 0 bridgehead atoms. The zero-order valence-corrected chi connectivity index (χ0v) is 11.0. The second-order valence-electron chi connectivity index (χ2n) is 3.72. The van der Waals surface area contributed by atoms with Crippen molar-refractivity contribution in [1.29, 1.82) is 0 Å². The van der Waals surface area contributed by atoms with Crippen molar-refractivity contribution in [1.82, 2.24) is 10.4 Å². The van der Waals surface area contributed by atoms with Crippen LogP contribution in [0.3, 0.4) is 0 Å². The molecule has 0 saturated carbocycles. The number of hydrogen-bond donors (Lipinski definition) is 2. The number of nitrogens with zero attached hydrogens (tertiary/aromatic N) is 1. The van der Waals surface area contributed by atoms with Crippen LogP contribution in [0.25, 0.3) is 0 Å². The summed E-state index contributed by atoms with van der Waals surface area (Å²) in [6.45, 7) is 0. The van der Waals surface area contributed by atoms with E-state index in [0.29, 0.717) is 26.8 Å². The van der Waals surface area contributed by atoms with Crippen LogP contribution in [0.2, 0.25) is 5.02 Å². The van der Waals surface area contributed by atoms with E-state index in [1.807, 2.05) is 0 Å². The highest BCUT2D eigenvalue weighted by Crippen LogP contribution is 2.36. The van der Waals surface area contributed by atoms with Gasteiger partial charge in [-0.15, -0.1) is 11.3 Å². The highest BCUT2D eigenvalue weighted by molar-refractivity contribution is 7.11. The molecule has 0 amide bonds. The van der Waals surface area contributed by atoms with Crippen LogP contribution in [0.4, 0.5) is 13.2 Å². The SMILES string of the molecule is NNC(c1cccc(Cl)c1)c1cnc(C(F)(F)F)s1. The molecule has 8 heteroatoms. The van der Waals surface area contributed by atoms with Crippen molar-refractivity contribution in [3.63, 3.8) is 0 Å². The minimum absolute atomic E-state index is 0.372. The molecule has 1 aromatic carbocycles. The lowest BCUT2D eigenvalue weighted by Crippen LogP contribution is -2.28. The first kappa shape index (κ1) is 14.3. The number of halogens is 4. The Labute approximate surface area is 116 Å². The van der Waals surface area contributed by atoms with E-state index in [-0.39, 0.29) is 0 Å². The molecule has 1 atom stereocenters. The first-order valence-corrected chi connectivity index (χ1v) is 6.36. The summed E-state index contributed by atoms with van der Waals surface area (Å²) in [5.41, 5.74) is 3.14. The second-order valence-corrected chi connectivity index (χ2v) is 5.22. The second kappa shape index (κ2) is 5.46. The number of alkyl halides is 3. The van der Waals surface area contributed by atoms with Crippen LogP contribution >= 0.6 is 22.9 Å². The van der Waals surface area contributed by atoms with E-state index in [0.717, 1.165) is 0 Å². The van der Waals surface area contributed by atoms with Gasteiger partial charge in [-0.05, 0) is 17.7 Å². The van der Waals surface area contributed by atoms with Crippen LogP contribution < -0.4 is 11.3 Å². The van der Waals surface area contributed by atoms with Gasteiger partial charge < -0.3 is 0 Å². The van der Waals surface area contributed by atoms with Gasteiger partial charge in [0.25, 0.3) is 0 Å². The molecule has 0 radical (unpaired) electrons. The zero-order chi connectivity index (χ0) is 14.0. The summed E-state index contributed by atoms with van der Waals surface area (Å²) in [4.78, 5) is 3.74. The van der Waals surface area contributed by atoms with Crippen molar-refractivity contribution >= 4 is 22.9 Å². The van der Waals surface area contributed by atoms with Gasteiger partial charge in [0.05, 0.1) is 6.04 Å². The lowest BCUT2D eigenvalue weighted by atomic mass is 10.1. The molecule has 102 valence electrons. The molecule has 19 heavy (non-hydrogen) atoms. The van der Waals surface area contributed by atoms with E-state index in [1.165, 1.54) is 6.20 Å². The van der Waals surface area contributed by atoms with Gasteiger partial charge in [-0.1, -0.05) is 23.7 Å². The van der Waals surface area contributed by atoms with Crippen LogP contribution in [0.5, 0.6) is 0 Å². The molecular formula is C11H9ClF3N3S. The Morgan fingerprint density at radius 1 is 1.37 bits per heavy atom. The first-order valence-electron chi connectivity index (χ1n) is 5.16. The van der Waals surface area contributed by atoms with Crippen molar-refractivity contribution in [2.24, 2.45) is 5.84 Å². The predicted octanol–water partition coefficient (Wildman–Crippen LogP) is 3.37. The standard InChI is InChI=1S/C11H9ClF3N3S/c12-7-3-1-2-6(4-7)9(18-16)8-5-17-10(19-8)11(13,14)15/h1-5,9,18H,16H2. The Kier molecular flexibility index (Phi) is 4.10. The van der Waals surface area contributed by atoms with Crippen molar-refractivity contribution in [2.75, 3.05) is 0 Å². The molecule has 0 aliphatic carbocycles. The number of aromatic nitrogens is 1. The molecule has 0 aliphatic heterocycles. The maximum Gasteiger partial charge on any atom is 0.443 e. The number of benzene rings is 1. The van der Waals surface area contributed by atoms with Crippen LogP contribution in [0, 0.1) is 0 Å². The van der Waals surface area contributed by atoms with E-state index in [2.05, 4.69) is 10.4 Å². The summed E-state index contributed by atoms with van der Waals surface area (Å²) >= 11 is 6.40. The molecule has 0 spiro atoms. The number of hydrazine groups is 1. The average molecular weight is 308 g/mol. The van der Waals surface area contributed by atoms with Crippen LogP contribution in [-0.2, 0) is 6.18 Å². The summed E-state index contributed by atoms with van der Waals surface area (Å²) in [6, 6.07) is 6.16. The van der Waals surface area contributed by atoms with E-state index < -0.39 is 17.2 Å². The molecule has 1 heterocycles. The van der Waals surface area contributed by atoms with Crippen molar-refractivity contribution in [3.05, 3.63) is 50.9 Å². The predicted molar refractivity (Wildman–Crippen MR) is 67.7 cm³/mol. The molecule has 0 aliphatic rings. The van der Waals surface area contributed by atoms with Gasteiger partial charge in [0.1, 0.15) is 0 Å². The van der Waals surface area contributed by atoms with E-state index in [4.69, 9.17) is 17.4 Å². The molecule has 0 fully saturated rings. The van der Waals surface area contributed by atoms with Crippen LogP contribution in [0.15, 0.2) is 30.5 Å². The number of rotatable bonds is 3. The normalized spacial score (nSPS) is 13.5. The van der Waals surface area contributed by atoms with E-state index >= 15 is 0 Å². The van der Waals surface area contributed by atoms with Crippen molar-refractivity contribution < 1.29 is 13.2 Å². The fraction of sp³-hybridized carbons (Fsp3) is 0.182. The van der Waals surface area contributed by atoms with Gasteiger partial charge in [-0.3, -0.25) is 5.84 Å². The maximum atomic E-state index is 12.5. The molecule has 3 nitrogen and oxygen atoms in total. The molecule has 1 aromatic heterocycles. The van der Waals surface area contributed by atoms with Crippen molar-refractivity contribution in [2.45, 2.75) is 12.2 Å². The van der Waals surface area contributed by atoms with Gasteiger partial charge in [-0.2, -0.15) is 13.2 Å². The number of nitrogens with one attached hydrogen (secondary N) is 1. The largest absolute Gasteiger partial charge is 0.443 e. The Morgan fingerprint density at radius 3 is 2.63 bits per heavy atom. The molecule has 0 saturated heterocycles. The van der Waals surface area contributed by atoms with Gasteiger partial charge in [0.15, 0.2) is 5.01 Å². The number of nitrogens with two attached hydrogens (primary N) is 1.